The summed E-state index contributed by atoms with van der Waals surface area (Å²) in [5, 5.41) is 65.1. The second-order valence-corrected chi connectivity index (χ2v) is 16.4. The number of aryl methyl sites for hydroxylation is 3. The van der Waals surface area contributed by atoms with E-state index in [-0.39, 0.29) is 68.7 Å². The van der Waals surface area contributed by atoms with Crippen molar-refractivity contribution in [3.63, 3.8) is 0 Å². The molecule has 10 aromatic rings. The molecule has 6 N–H and O–H groups in total. The predicted octanol–water partition coefficient (Wildman–Crippen LogP) is 10.3. The van der Waals surface area contributed by atoms with Gasteiger partial charge in [-0.3, -0.25) is 14.4 Å². The number of amides is 3. The van der Waals surface area contributed by atoms with Gasteiger partial charge in [-0.05, 0) is 80.1 Å². The van der Waals surface area contributed by atoms with Crippen LogP contribution in [0.2, 0.25) is 0 Å². The van der Waals surface area contributed by atoms with Crippen LogP contribution in [-0.2, 0) is 0 Å². The van der Waals surface area contributed by atoms with E-state index in [1.807, 2.05) is 63.2 Å². The zero-order valence-electron chi connectivity index (χ0n) is 39.4. The Morgan fingerprint density at radius 1 is 0.554 bits per heavy atom. The van der Waals surface area contributed by atoms with E-state index in [1.54, 1.807) is 78.9 Å². The molecule has 0 aliphatic heterocycles. The Morgan fingerprint density at radius 3 is 1.57 bits per heavy atom. The van der Waals surface area contributed by atoms with Crippen molar-refractivity contribution in [2.24, 2.45) is 26.2 Å². The predicted molar refractivity (Wildman–Crippen MR) is 274 cm³/mol. The molecular formula is C53H40N16O5. The van der Waals surface area contributed by atoms with Crippen molar-refractivity contribution in [1.82, 2.24) is 39.5 Å². The molecule has 362 valence electrons. The van der Waals surface area contributed by atoms with E-state index in [2.05, 4.69) is 61.2 Å². The van der Waals surface area contributed by atoms with Crippen LogP contribution in [0.5, 0.6) is 11.5 Å². The monoisotopic (exact) mass is 980 g/mol. The molecule has 0 saturated carbocycles. The number of nitriles is 1. The topological polar surface area (TPSA) is 302 Å². The maximum absolute atomic E-state index is 13.2. The van der Waals surface area contributed by atoms with Crippen molar-refractivity contribution in [3.8, 4) is 29.5 Å². The number of azo groups is 2. The lowest BCUT2D eigenvalue weighted by atomic mass is 10.0. The number of nitrogens with two attached hydrogens (primary N) is 1. The molecule has 3 amide bonds. The SMILES string of the molecule is Cc1ccc(NC(=O)c2cc3cc(C)ccc3c(N=Nc3c(C#N)cnn3-c3ncccn3)c2O)cc1.Cc1ccc(NC(=O)c2cc3ccccc3c(N=Nc3c(C(N)=O)cnn3-c3ncccn3)c2O)cc1. The molecule has 4 aromatic heterocycles. The molecule has 21 nitrogen and oxygen atoms in total. The van der Waals surface area contributed by atoms with Crippen molar-refractivity contribution in [2.45, 2.75) is 20.8 Å². The van der Waals surface area contributed by atoms with Gasteiger partial charge in [-0.1, -0.05) is 83.4 Å². The molecular weight excluding hydrogens is 941 g/mol. The van der Waals surface area contributed by atoms with Gasteiger partial charge >= 0.3 is 0 Å². The van der Waals surface area contributed by atoms with E-state index in [9.17, 15) is 29.9 Å². The standard InChI is InChI=1S/C27H20N8O2.C26H20N8O3/c1-16-4-7-20(8-5-16)32-26(37)22-13-18-12-17(2)6-9-21(18)23(24(22)36)33-34-25-19(14-28)15-31-35(25)27-29-10-3-11-30-27;1-15-7-9-17(10-8-15)31-25(37)19-13-16-5-2-3-6-18(16)21(22(19)35)32-33-24-20(23(27)36)14-30-34(24)26-28-11-4-12-29-26/h3-13,15,36H,1-2H3,(H,32,37);2-14,35H,1H3,(H2,27,36)(H,31,37). The lowest BCUT2D eigenvalue weighted by Gasteiger charge is -2.12. The van der Waals surface area contributed by atoms with Gasteiger partial charge in [-0.2, -0.15) is 24.8 Å². The number of phenols is 2. The number of carbonyl (C=O) groups is 3. The molecule has 4 heterocycles. The Balaban J connectivity index is 0.000000182. The summed E-state index contributed by atoms with van der Waals surface area (Å²) in [4.78, 5) is 54.8. The first kappa shape index (κ1) is 48.2. The maximum atomic E-state index is 13.2. The molecule has 0 aliphatic rings. The van der Waals surface area contributed by atoms with Crippen molar-refractivity contribution in [1.29, 1.82) is 5.26 Å². The number of phenolic OH excluding ortho intramolecular Hbond substituents is 2. The van der Waals surface area contributed by atoms with Crippen LogP contribution in [0, 0.1) is 32.1 Å². The number of hydrogen-bond donors (Lipinski definition) is 5. The number of nitrogens with zero attached hydrogens (tertiary/aromatic N) is 13. The average molecular weight is 981 g/mol. The van der Waals surface area contributed by atoms with Crippen LogP contribution in [-0.4, -0.2) is 67.4 Å². The number of nitrogens with one attached hydrogen (secondary N) is 2. The Labute approximate surface area is 420 Å². The lowest BCUT2D eigenvalue weighted by Crippen LogP contribution is -2.12. The average Bonchev–Trinajstić information content (AvgIpc) is 4.04. The molecule has 0 bridgehead atoms. The van der Waals surface area contributed by atoms with E-state index in [4.69, 9.17) is 5.73 Å². The highest BCUT2D eigenvalue weighted by Gasteiger charge is 2.23. The summed E-state index contributed by atoms with van der Waals surface area (Å²) in [5.74, 6) is -2.13. The van der Waals surface area contributed by atoms with Crippen LogP contribution >= 0.6 is 0 Å². The first-order valence-electron chi connectivity index (χ1n) is 22.4. The summed E-state index contributed by atoms with van der Waals surface area (Å²) in [5.41, 5.74) is 10.0. The third-order valence-corrected chi connectivity index (χ3v) is 11.2. The minimum Gasteiger partial charge on any atom is -0.505 e. The number of fused-ring (bicyclic) bond motifs is 2. The highest BCUT2D eigenvalue weighted by atomic mass is 16.3. The number of rotatable bonds is 11. The van der Waals surface area contributed by atoms with Crippen molar-refractivity contribution < 1.29 is 24.6 Å². The first-order chi connectivity index (χ1) is 35.9. The fraction of sp³-hybridized carbons (Fsp3) is 0.0566. The molecule has 0 saturated heterocycles. The largest absolute Gasteiger partial charge is 0.505 e. The number of hydrogen-bond acceptors (Lipinski definition) is 16. The lowest BCUT2D eigenvalue weighted by molar-refractivity contribution is 0.0996. The van der Waals surface area contributed by atoms with Gasteiger partial charge in [-0.25, -0.2) is 19.9 Å². The second-order valence-electron chi connectivity index (χ2n) is 16.4. The molecule has 74 heavy (non-hydrogen) atoms. The number of aromatic nitrogens is 8. The number of carbonyl (C=O) groups excluding carboxylic acids is 3. The van der Waals surface area contributed by atoms with Gasteiger partial charge in [0.25, 0.3) is 29.6 Å². The summed E-state index contributed by atoms with van der Waals surface area (Å²) in [6, 6.07) is 35.7. The molecule has 10 rings (SSSR count). The molecule has 0 fully saturated rings. The fourth-order valence-corrected chi connectivity index (χ4v) is 7.45. The summed E-state index contributed by atoms with van der Waals surface area (Å²) >= 11 is 0. The Bertz CT molecular complexity index is 3870. The molecule has 0 radical (unpaired) electrons. The molecule has 21 heteroatoms. The third-order valence-electron chi connectivity index (χ3n) is 11.2. The van der Waals surface area contributed by atoms with E-state index >= 15 is 0 Å². The highest BCUT2D eigenvalue weighted by molar-refractivity contribution is 6.13. The van der Waals surface area contributed by atoms with Crippen LogP contribution in [0.3, 0.4) is 0 Å². The number of aromatic hydroxyl groups is 2. The zero-order chi connectivity index (χ0) is 51.9. The van der Waals surface area contributed by atoms with E-state index < -0.39 is 17.7 Å². The number of anilines is 2. The first-order valence-corrected chi connectivity index (χ1v) is 22.4. The quantitative estimate of drug-likeness (QED) is 0.0756. The maximum Gasteiger partial charge on any atom is 0.259 e. The van der Waals surface area contributed by atoms with E-state index in [0.717, 1.165) is 16.7 Å². The fourth-order valence-electron chi connectivity index (χ4n) is 7.45. The summed E-state index contributed by atoms with van der Waals surface area (Å²) < 4.78 is 2.48. The number of primary amides is 1. The van der Waals surface area contributed by atoms with Crippen LogP contribution in [0.1, 0.15) is 53.3 Å². The van der Waals surface area contributed by atoms with Crippen molar-refractivity contribution >= 4 is 73.7 Å². The van der Waals surface area contributed by atoms with Crippen LogP contribution in [0.4, 0.5) is 34.4 Å². The van der Waals surface area contributed by atoms with Gasteiger partial charge in [0, 0.05) is 46.9 Å². The van der Waals surface area contributed by atoms with Gasteiger partial charge < -0.3 is 26.6 Å². The van der Waals surface area contributed by atoms with Gasteiger partial charge in [0.15, 0.2) is 23.1 Å². The van der Waals surface area contributed by atoms with Crippen LogP contribution in [0.15, 0.2) is 173 Å². The Morgan fingerprint density at radius 2 is 1.03 bits per heavy atom. The number of benzene rings is 6. The van der Waals surface area contributed by atoms with Gasteiger partial charge in [-0.15, -0.1) is 20.5 Å². The third kappa shape index (κ3) is 10.2. The summed E-state index contributed by atoms with van der Waals surface area (Å²) in [6.07, 6.45) is 8.65. The molecule has 0 spiro atoms. The van der Waals surface area contributed by atoms with Crippen molar-refractivity contribution in [3.05, 3.63) is 191 Å². The molecule has 6 aromatic carbocycles. The van der Waals surface area contributed by atoms with Gasteiger partial charge in [0.1, 0.15) is 28.6 Å². The van der Waals surface area contributed by atoms with Crippen LogP contribution in [0.25, 0.3) is 33.4 Å². The summed E-state index contributed by atoms with van der Waals surface area (Å²) in [7, 11) is 0. The molecule has 0 atom stereocenters. The van der Waals surface area contributed by atoms with Gasteiger partial charge in [0.2, 0.25) is 0 Å². The van der Waals surface area contributed by atoms with E-state index in [0.29, 0.717) is 32.9 Å². The molecule has 0 unspecified atom stereocenters. The van der Waals surface area contributed by atoms with Crippen molar-refractivity contribution in [2.75, 3.05) is 10.6 Å². The normalized spacial score (nSPS) is 11.1. The van der Waals surface area contributed by atoms with Crippen LogP contribution < -0.4 is 16.4 Å². The minimum absolute atomic E-state index is 0.00301. The zero-order valence-corrected chi connectivity index (χ0v) is 39.4. The summed E-state index contributed by atoms with van der Waals surface area (Å²) in [6.45, 7) is 5.82. The minimum atomic E-state index is -0.781. The molecule has 0 aliphatic carbocycles. The Kier molecular flexibility index (Phi) is 13.7. The smallest absolute Gasteiger partial charge is 0.259 e. The van der Waals surface area contributed by atoms with E-state index in [1.165, 1.54) is 46.5 Å². The Hall–Kier alpha value is -10.9. The second kappa shape index (κ2) is 21.0. The van der Waals surface area contributed by atoms with Gasteiger partial charge in [0.05, 0.1) is 23.5 Å². The highest BCUT2D eigenvalue weighted by Crippen LogP contribution is 2.42.